The van der Waals surface area contributed by atoms with E-state index in [4.69, 9.17) is 14.5 Å². The Hall–Kier alpha value is -2.19. The van der Waals surface area contributed by atoms with E-state index in [0.29, 0.717) is 19.8 Å². The first kappa shape index (κ1) is 22.5. The van der Waals surface area contributed by atoms with Crippen LogP contribution in [0, 0.1) is 0 Å². The minimum absolute atomic E-state index is 0.379. The van der Waals surface area contributed by atoms with E-state index in [-0.39, 0.29) is 6.09 Å². The molecule has 0 bridgehead atoms. The largest absolute Gasteiger partial charge is 0.444 e. The quantitative estimate of drug-likeness (QED) is 0.452. The summed E-state index contributed by atoms with van der Waals surface area (Å²) < 4.78 is 14.1. The normalized spacial score (nSPS) is 11.9. The maximum atomic E-state index is 11.8. The van der Waals surface area contributed by atoms with Gasteiger partial charge in [0.2, 0.25) is 0 Å². The summed E-state index contributed by atoms with van der Waals surface area (Å²) in [5, 5.41) is 3.88. The standard InChI is InChI=1S/C22H29BrN4O3/c1-5-29-14-19-26-18-13-25-17-12-15(23)8-9-16(17)20(18)27(19)11-7-6-10-24-21(28)30-22(2,3)4/h8-9,12-13H,5-7,10-11,14H2,1-4H3,(H,24,28). The number of pyridine rings is 1. The molecule has 1 amide bonds. The third kappa shape index (κ3) is 5.70. The summed E-state index contributed by atoms with van der Waals surface area (Å²) in [6, 6.07) is 6.11. The number of alkyl carbamates (subject to hydrolysis) is 1. The number of nitrogens with zero attached hydrogens (tertiary/aromatic N) is 3. The topological polar surface area (TPSA) is 78.3 Å². The summed E-state index contributed by atoms with van der Waals surface area (Å²) in [6.45, 7) is 9.98. The molecule has 30 heavy (non-hydrogen) atoms. The highest BCUT2D eigenvalue weighted by Crippen LogP contribution is 2.27. The number of carbonyl (C=O) groups is 1. The Morgan fingerprint density at radius 3 is 2.77 bits per heavy atom. The molecule has 2 aromatic heterocycles. The van der Waals surface area contributed by atoms with Gasteiger partial charge < -0.3 is 19.4 Å². The van der Waals surface area contributed by atoms with Crippen LogP contribution >= 0.6 is 15.9 Å². The van der Waals surface area contributed by atoms with Gasteiger partial charge in [-0.25, -0.2) is 9.78 Å². The Kier molecular flexibility index (Phi) is 7.31. The van der Waals surface area contributed by atoms with Crippen molar-refractivity contribution in [2.24, 2.45) is 0 Å². The number of imidazole rings is 1. The van der Waals surface area contributed by atoms with Crippen LogP contribution in [0.3, 0.4) is 0 Å². The summed E-state index contributed by atoms with van der Waals surface area (Å²) in [6.07, 6.45) is 3.16. The molecule has 0 saturated carbocycles. The van der Waals surface area contributed by atoms with Crippen LogP contribution in [0.2, 0.25) is 0 Å². The van der Waals surface area contributed by atoms with E-state index in [9.17, 15) is 4.79 Å². The maximum absolute atomic E-state index is 11.8. The van der Waals surface area contributed by atoms with Crippen LogP contribution in [0.1, 0.15) is 46.4 Å². The van der Waals surface area contributed by atoms with Gasteiger partial charge in [-0.2, -0.15) is 0 Å². The van der Waals surface area contributed by atoms with Gasteiger partial charge in [0.25, 0.3) is 0 Å². The molecule has 3 rings (SSSR count). The first-order valence-corrected chi connectivity index (χ1v) is 11.1. The van der Waals surface area contributed by atoms with E-state index < -0.39 is 5.60 Å². The monoisotopic (exact) mass is 476 g/mol. The maximum Gasteiger partial charge on any atom is 0.407 e. The van der Waals surface area contributed by atoms with Crippen molar-refractivity contribution < 1.29 is 14.3 Å². The second kappa shape index (κ2) is 9.75. The minimum Gasteiger partial charge on any atom is -0.444 e. The lowest BCUT2D eigenvalue weighted by Gasteiger charge is -2.19. The van der Waals surface area contributed by atoms with E-state index in [1.807, 2.05) is 46.0 Å². The fourth-order valence-electron chi connectivity index (χ4n) is 3.28. The van der Waals surface area contributed by atoms with Gasteiger partial charge in [0.1, 0.15) is 23.5 Å². The van der Waals surface area contributed by atoms with Crippen molar-refractivity contribution in [2.75, 3.05) is 13.2 Å². The second-order valence-electron chi connectivity index (χ2n) is 8.11. The number of fused-ring (bicyclic) bond motifs is 3. The Morgan fingerprint density at radius 1 is 1.23 bits per heavy atom. The van der Waals surface area contributed by atoms with Crippen LogP contribution in [0.5, 0.6) is 0 Å². The number of halogens is 1. The molecule has 1 aromatic carbocycles. The lowest BCUT2D eigenvalue weighted by Crippen LogP contribution is -2.33. The van der Waals surface area contributed by atoms with Crippen LogP contribution in [0.25, 0.3) is 21.9 Å². The van der Waals surface area contributed by atoms with Crippen molar-refractivity contribution in [3.63, 3.8) is 0 Å². The number of benzene rings is 1. The van der Waals surface area contributed by atoms with Crippen molar-refractivity contribution in [3.05, 3.63) is 34.7 Å². The van der Waals surface area contributed by atoms with E-state index in [1.165, 1.54) is 0 Å². The molecule has 0 unspecified atom stereocenters. The van der Waals surface area contributed by atoms with E-state index in [0.717, 1.165) is 51.6 Å². The van der Waals surface area contributed by atoms with E-state index >= 15 is 0 Å². The van der Waals surface area contributed by atoms with Crippen LogP contribution in [-0.2, 0) is 22.6 Å². The molecule has 0 radical (unpaired) electrons. The van der Waals surface area contributed by atoms with Gasteiger partial charge in [0.05, 0.1) is 17.2 Å². The molecule has 0 spiro atoms. The summed E-state index contributed by atoms with van der Waals surface area (Å²) in [7, 11) is 0. The first-order valence-electron chi connectivity index (χ1n) is 10.3. The van der Waals surface area contributed by atoms with Crippen molar-refractivity contribution in [3.8, 4) is 0 Å². The van der Waals surface area contributed by atoms with Gasteiger partial charge in [0, 0.05) is 29.6 Å². The van der Waals surface area contributed by atoms with Gasteiger partial charge in [-0.05, 0) is 58.7 Å². The molecular weight excluding hydrogens is 448 g/mol. The van der Waals surface area contributed by atoms with Crippen LogP contribution in [-0.4, -0.2) is 39.4 Å². The third-order valence-corrected chi connectivity index (χ3v) is 5.02. The molecule has 162 valence electrons. The summed E-state index contributed by atoms with van der Waals surface area (Å²) in [5.74, 6) is 0.893. The zero-order valence-electron chi connectivity index (χ0n) is 18.0. The molecule has 0 atom stereocenters. The molecule has 0 aliphatic carbocycles. The smallest absolute Gasteiger partial charge is 0.407 e. The first-order chi connectivity index (χ1) is 14.3. The fraction of sp³-hybridized carbons (Fsp3) is 0.500. The lowest BCUT2D eigenvalue weighted by molar-refractivity contribution is 0.0527. The summed E-state index contributed by atoms with van der Waals surface area (Å²) in [4.78, 5) is 21.1. The number of ether oxygens (including phenoxy) is 2. The number of carbonyl (C=O) groups excluding carboxylic acids is 1. The summed E-state index contributed by atoms with van der Waals surface area (Å²) >= 11 is 3.52. The Morgan fingerprint density at radius 2 is 2.03 bits per heavy atom. The van der Waals surface area contributed by atoms with Crippen LogP contribution < -0.4 is 5.32 Å². The van der Waals surface area contributed by atoms with Gasteiger partial charge in [-0.1, -0.05) is 15.9 Å². The molecule has 7 nitrogen and oxygen atoms in total. The number of aryl methyl sites for hydroxylation is 1. The molecule has 8 heteroatoms. The number of amides is 1. The second-order valence-corrected chi connectivity index (χ2v) is 9.02. The fourth-order valence-corrected chi connectivity index (χ4v) is 3.63. The highest BCUT2D eigenvalue weighted by Gasteiger charge is 2.16. The highest BCUT2D eigenvalue weighted by molar-refractivity contribution is 9.10. The van der Waals surface area contributed by atoms with Gasteiger partial charge >= 0.3 is 6.09 Å². The van der Waals surface area contributed by atoms with Crippen molar-refractivity contribution in [2.45, 2.75) is 59.3 Å². The van der Waals surface area contributed by atoms with Gasteiger partial charge in [0.15, 0.2) is 0 Å². The number of hydrogen-bond donors (Lipinski definition) is 1. The molecule has 0 fully saturated rings. The average molecular weight is 477 g/mol. The number of nitrogens with one attached hydrogen (secondary N) is 1. The molecule has 0 aliphatic heterocycles. The number of unbranched alkanes of at least 4 members (excludes halogenated alkanes) is 1. The predicted octanol–water partition coefficient (Wildman–Crippen LogP) is 5.19. The number of rotatable bonds is 8. The SMILES string of the molecule is CCOCc1nc2cnc3cc(Br)ccc3c2n1CCCCNC(=O)OC(C)(C)C. The van der Waals surface area contributed by atoms with E-state index in [1.54, 1.807) is 0 Å². The van der Waals surface area contributed by atoms with Crippen molar-refractivity contribution >= 4 is 44.0 Å². The Bertz CT molecular complexity index is 1030. The molecule has 2 heterocycles. The van der Waals surface area contributed by atoms with Gasteiger partial charge in [-0.3, -0.25) is 4.98 Å². The number of aromatic nitrogens is 3. The molecule has 0 saturated heterocycles. The predicted molar refractivity (Wildman–Crippen MR) is 122 cm³/mol. The number of hydrogen-bond acceptors (Lipinski definition) is 5. The van der Waals surface area contributed by atoms with E-state index in [2.05, 4.69) is 36.9 Å². The average Bonchev–Trinajstić information content (AvgIpc) is 3.02. The Balaban J connectivity index is 1.75. The van der Waals surface area contributed by atoms with Crippen molar-refractivity contribution in [1.82, 2.24) is 19.9 Å². The highest BCUT2D eigenvalue weighted by atomic mass is 79.9. The summed E-state index contributed by atoms with van der Waals surface area (Å²) in [5.41, 5.74) is 2.37. The molecule has 3 aromatic rings. The third-order valence-electron chi connectivity index (χ3n) is 4.53. The minimum atomic E-state index is -0.488. The molecular formula is C22H29BrN4O3. The van der Waals surface area contributed by atoms with Gasteiger partial charge in [-0.15, -0.1) is 0 Å². The zero-order valence-corrected chi connectivity index (χ0v) is 19.6. The van der Waals surface area contributed by atoms with Crippen molar-refractivity contribution in [1.29, 1.82) is 0 Å². The van der Waals surface area contributed by atoms with Crippen LogP contribution in [0.4, 0.5) is 4.79 Å². The van der Waals surface area contributed by atoms with Crippen LogP contribution in [0.15, 0.2) is 28.9 Å². The Labute approximate surface area is 185 Å². The molecule has 0 aliphatic rings. The zero-order chi connectivity index (χ0) is 21.7. The lowest BCUT2D eigenvalue weighted by atomic mass is 10.2. The molecule has 1 N–H and O–H groups in total.